The van der Waals surface area contributed by atoms with Crippen LogP contribution >= 0.6 is 0 Å². The minimum atomic E-state index is -1.02. The molecule has 10 nitrogen and oxygen atoms in total. The number of likely N-dealkylation sites (tertiary alicyclic amines) is 1. The number of carbonyl (C=O) groups is 3. The van der Waals surface area contributed by atoms with Gasteiger partial charge in [-0.15, -0.1) is 6.42 Å². The highest BCUT2D eigenvalue weighted by Crippen LogP contribution is 2.58. The number of amides is 3. The number of hydrogen-bond acceptors (Lipinski definition) is 7. The second kappa shape index (κ2) is 11.0. The summed E-state index contributed by atoms with van der Waals surface area (Å²) < 4.78 is 31.7. The number of ether oxygens (including phenoxy) is 3. The number of pyridine rings is 1. The van der Waals surface area contributed by atoms with Crippen LogP contribution in [-0.2, 0) is 14.3 Å². The van der Waals surface area contributed by atoms with Gasteiger partial charge in [0.1, 0.15) is 37.5 Å². The van der Waals surface area contributed by atoms with Crippen molar-refractivity contribution in [3.05, 3.63) is 18.0 Å². The molecule has 1 aromatic rings. The first-order chi connectivity index (χ1) is 19.4. The minimum absolute atomic E-state index is 0.0119. The van der Waals surface area contributed by atoms with E-state index in [9.17, 15) is 14.4 Å². The third kappa shape index (κ3) is 5.41. The van der Waals surface area contributed by atoms with Crippen LogP contribution in [0.5, 0.6) is 11.5 Å². The molecule has 2 unspecified atom stereocenters. The van der Waals surface area contributed by atoms with E-state index in [4.69, 9.17) is 20.6 Å². The molecule has 5 rings (SSSR count). The molecule has 3 amide bonds. The van der Waals surface area contributed by atoms with Crippen molar-refractivity contribution in [2.24, 2.45) is 29.1 Å². The molecular weight excluding hydrogens is 531 g/mol. The Hall–Kier alpha value is -3.55. The topological polar surface area (TPSA) is 119 Å². The van der Waals surface area contributed by atoms with E-state index in [1.165, 1.54) is 17.3 Å². The van der Waals surface area contributed by atoms with Gasteiger partial charge in [-0.25, -0.2) is 9.18 Å². The first-order valence-corrected chi connectivity index (χ1v) is 14.3. The number of aromatic nitrogens is 1. The number of alkyl halides is 1. The van der Waals surface area contributed by atoms with Crippen LogP contribution < -0.4 is 20.1 Å². The van der Waals surface area contributed by atoms with E-state index in [1.54, 1.807) is 13.8 Å². The van der Waals surface area contributed by atoms with Gasteiger partial charge in [0.2, 0.25) is 11.8 Å². The van der Waals surface area contributed by atoms with Gasteiger partial charge < -0.3 is 29.7 Å². The highest BCUT2D eigenvalue weighted by molar-refractivity contribution is 5.93. The molecule has 0 radical (unpaired) electrons. The third-order valence-electron chi connectivity index (χ3n) is 8.78. The zero-order chi connectivity index (χ0) is 29.6. The summed E-state index contributed by atoms with van der Waals surface area (Å²) >= 11 is 0. The smallest absolute Gasteiger partial charge is 0.408 e. The van der Waals surface area contributed by atoms with Gasteiger partial charge in [-0.2, -0.15) is 0 Å². The van der Waals surface area contributed by atoms with E-state index >= 15 is 4.39 Å². The molecule has 3 fully saturated rings. The van der Waals surface area contributed by atoms with E-state index < -0.39 is 47.6 Å². The molecule has 11 heteroatoms. The average molecular weight is 571 g/mol. The summed E-state index contributed by atoms with van der Waals surface area (Å²) in [5, 5.41) is 5.63. The molecule has 41 heavy (non-hydrogen) atoms. The largest absolute Gasteiger partial charge is 0.486 e. The number of carbonyl (C=O) groups excluding carboxylic acids is 3. The number of terminal acetylenes is 1. The lowest BCUT2D eigenvalue weighted by molar-refractivity contribution is -0.143. The van der Waals surface area contributed by atoms with E-state index in [-0.39, 0.29) is 29.8 Å². The maximum absolute atomic E-state index is 15.1. The number of hydrogen-bond donors (Lipinski definition) is 2. The number of nitrogens with one attached hydrogen (secondary N) is 2. The Kier molecular flexibility index (Phi) is 7.79. The highest BCUT2D eigenvalue weighted by atomic mass is 19.1. The van der Waals surface area contributed by atoms with Gasteiger partial charge in [0, 0.05) is 12.7 Å². The third-order valence-corrected chi connectivity index (χ3v) is 8.78. The van der Waals surface area contributed by atoms with E-state index in [2.05, 4.69) is 21.5 Å². The molecular formula is C30H39FN4O6. The summed E-state index contributed by atoms with van der Waals surface area (Å²) in [6.45, 7) is 9.94. The van der Waals surface area contributed by atoms with Crippen LogP contribution in [0.4, 0.5) is 9.18 Å². The first kappa shape index (κ1) is 29.0. The van der Waals surface area contributed by atoms with Crippen molar-refractivity contribution in [1.82, 2.24) is 20.5 Å². The van der Waals surface area contributed by atoms with Crippen molar-refractivity contribution in [2.45, 2.75) is 77.9 Å². The Morgan fingerprint density at radius 2 is 1.88 bits per heavy atom. The summed E-state index contributed by atoms with van der Waals surface area (Å²) in [6.07, 6.45) is 7.95. The van der Waals surface area contributed by atoms with Crippen LogP contribution in [0.3, 0.4) is 0 Å². The summed E-state index contributed by atoms with van der Waals surface area (Å²) in [5.74, 6) is 1.98. The molecule has 3 heterocycles. The quantitative estimate of drug-likeness (QED) is 0.505. The number of alkyl carbamates (subject to hydrolysis) is 1. The van der Waals surface area contributed by atoms with Crippen molar-refractivity contribution in [1.29, 1.82) is 0 Å². The monoisotopic (exact) mass is 570 g/mol. The second-order valence-corrected chi connectivity index (χ2v) is 12.8. The van der Waals surface area contributed by atoms with Crippen LogP contribution in [0.2, 0.25) is 0 Å². The Labute approximate surface area is 240 Å². The molecule has 2 N–H and O–H groups in total. The Morgan fingerprint density at radius 1 is 1.15 bits per heavy atom. The summed E-state index contributed by atoms with van der Waals surface area (Å²) in [4.78, 5) is 46.6. The van der Waals surface area contributed by atoms with E-state index in [0.29, 0.717) is 49.7 Å². The van der Waals surface area contributed by atoms with Gasteiger partial charge in [0.15, 0.2) is 11.5 Å². The fraction of sp³-hybridized carbons (Fsp3) is 0.667. The van der Waals surface area contributed by atoms with Crippen LogP contribution in [0, 0.1) is 41.4 Å². The fourth-order valence-electron chi connectivity index (χ4n) is 7.09. The maximum atomic E-state index is 15.1. The van der Waals surface area contributed by atoms with Crippen molar-refractivity contribution in [2.75, 3.05) is 19.8 Å². The zero-order valence-electron chi connectivity index (χ0n) is 24.2. The Bertz CT molecular complexity index is 1240. The molecule has 0 aromatic carbocycles. The predicted octanol–water partition coefficient (Wildman–Crippen LogP) is 3.01. The molecule has 222 valence electrons. The van der Waals surface area contributed by atoms with E-state index in [0.717, 1.165) is 0 Å². The summed E-state index contributed by atoms with van der Waals surface area (Å²) in [7, 11) is 0. The predicted molar refractivity (Wildman–Crippen MR) is 147 cm³/mol. The van der Waals surface area contributed by atoms with Gasteiger partial charge in [-0.3, -0.25) is 14.6 Å². The first-order valence-electron chi connectivity index (χ1n) is 14.3. The molecule has 2 aliphatic carbocycles. The van der Waals surface area contributed by atoms with Crippen molar-refractivity contribution in [3.63, 3.8) is 0 Å². The van der Waals surface area contributed by atoms with Crippen molar-refractivity contribution in [3.8, 4) is 23.8 Å². The van der Waals surface area contributed by atoms with Crippen molar-refractivity contribution < 1.29 is 33.0 Å². The van der Waals surface area contributed by atoms with Gasteiger partial charge in [-0.1, -0.05) is 26.7 Å². The standard InChI is InChI=1S/C30H39FN4O6/c1-7-21(18-12-32-13-22-25(18)40-9-8-39-22)33-27(36)24-23-17-10-16(11-20(17)31)19(23)14-35(24)28(37)26(30(4,5)6)34-29(38)41-15(2)3/h1,12-13,15-17,19-21,23-24,26H,8-11,14H2,2-6H3,(H,33,36)(H,34,38)/t16-,17+,19+,20?,21?,23-,24-,26+/m0/s1. The van der Waals surface area contributed by atoms with Gasteiger partial charge >= 0.3 is 6.09 Å². The van der Waals surface area contributed by atoms with E-state index in [1.807, 2.05) is 20.8 Å². The molecule has 2 bridgehead atoms. The number of halogens is 1. The Morgan fingerprint density at radius 3 is 2.56 bits per heavy atom. The fourth-order valence-corrected chi connectivity index (χ4v) is 7.09. The lowest BCUT2D eigenvalue weighted by atomic mass is 9.77. The summed E-state index contributed by atoms with van der Waals surface area (Å²) in [6, 6.07) is -2.84. The maximum Gasteiger partial charge on any atom is 0.408 e. The SMILES string of the molecule is C#CC(NC(=O)[C@@H]1[C@@H]2[C@H](CN1C(=O)[C@@H](NC(=O)OC(C)C)C(C)(C)C)[C@@H]1CC(F)[C@H]2C1)c1cncc2c1OCCO2. The Balaban J connectivity index is 1.45. The van der Waals surface area contributed by atoms with Gasteiger partial charge in [0.05, 0.1) is 17.9 Å². The summed E-state index contributed by atoms with van der Waals surface area (Å²) in [5.41, 5.74) is -0.228. The molecule has 1 saturated heterocycles. The molecule has 2 saturated carbocycles. The molecule has 0 spiro atoms. The molecule has 2 aliphatic heterocycles. The zero-order valence-corrected chi connectivity index (χ0v) is 24.2. The molecule has 1 aromatic heterocycles. The minimum Gasteiger partial charge on any atom is -0.486 e. The van der Waals surface area contributed by atoms with Gasteiger partial charge in [0.25, 0.3) is 0 Å². The van der Waals surface area contributed by atoms with Crippen molar-refractivity contribution >= 4 is 17.9 Å². The second-order valence-electron chi connectivity index (χ2n) is 12.8. The lowest BCUT2D eigenvalue weighted by Crippen LogP contribution is -2.59. The van der Waals surface area contributed by atoms with Gasteiger partial charge in [-0.05, 0) is 55.8 Å². The van der Waals surface area contributed by atoms with Crippen LogP contribution in [0.1, 0.15) is 59.1 Å². The molecule has 8 atom stereocenters. The highest BCUT2D eigenvalue weighted by Gasteiger charge is 2.63. The average Bonchev–Trinajstić information content (AvgIpc) is 3.59. The number of rotatable bonds is 6. The number of fused-ring (bicyclic) bond motifs is 6. The van der Waals surface area contributed by atoms with Crippen LogP contribution in [0.25, 0.3) is 0 Å². The van der Waals surface area contributed by atoms with Crippen LogP contribution in [-0.4, -0.2) is 71.9 Å². The lowest BCUT2D eigenvalue weighted by Gasteiger charge is -2.37. The normalized spacial score (nSPS) is 29.4. The number of nitrogens with zero attached hydrogens (tertiary/aromatic N) is 2. The molecule has 4 aliphatic rings. The van der Waals surface area contributed by atoms with Crippen LogP contribution in [0.15, 0.2) is 12.4 Å².